The van der Waals surface area contributed by atoms with Gasteiger partial charge in [-0.1, -0.05) is 17.7 Å². The third-order valence-corrected chi connectivity index (χ3v) is 6.18. The lowest BCUT2D eigenvalue weighted by Crippen LogP contribution is -2.48. The monoisotopic (exact) mass is 520 g/mol. The van der Waals surface area contributed by atoms with Crippen LogP contribution in [0.1, 0.15) is 5.56 Å². The maximum atomic E-state index is 13.5. The zero-order chi connectivity index (χ0) is 25.1. The lowest BCUT2D eigenvalue weighted by molar-refractivity contribution is -0.137. The van der Waals surface area contributed by atoms with Gasteiger partial charge in [0.25, 0.3) is 0 Å². The molecule has 1 N–H and O–H groups in total. The van der Waals surface area contributed by atoms with Crippen molar-refractivity contribution in [2.45, 2.75) is 6.18 Å². The number of rotatable bonds is 5. The van der Waals surface area contributed by atoms with Gasteiger partial charge in [-0.25, -0.2) is 4.98 Å². The number of aromatic nitrogens is 4. The minimum Gasteiger partial charge on any atom is -0.378 e. The van der Waals surface area contributed by atoms with E-state index in [1.165, 1.54) is 12.3 Å². The molecule has 0 unspecified atom stereocenters. The van der Waals surface area contributed by atoms with Crippen molar-refractivity contribution in [1.29, 1.82) is 0 Å². The summed E-state index contributed by atoms with van der Waals surface area (Å²) in [6, 6.07) is 9.58. The molecule has 9 nitrogen and oxygen atoms in total. The summed E-state index contributed by atoms with van der Waals surface area (Å²) in [4.78, 5) is 23.5. The number of alkyl halides is 3. The zero-order valence-electron chi connectivity index (χ0n) is 19.2. The van der Waals surface area contributed by atoms with Crippen LogP contribution in [0, 0.1) is 0 Å². The Morgan fingerprint density at radius 3 is 2.17 bits per heavy atom. The van der Waals surface area contributed by atoms with Crippen LogP contribution in [0.25, 0.3) is 0 Å². The average molecular weight is 521 g/mol. The van der Waals surface area contributed by atoms with E-state index in [-0.39, 0.29) is 5.82 Å². The molecule has 190 valence electrons. The predicted molar refractivity (Wildman–Crippen MR) is 131 cm³/mol. The number of pyridine rings is 1. The fourth-order valence-corrected chi connectivity index (χ4v) is 4.33. The highest BCUT2D eigenvalue weighted by atomic mass is 35.5. The van der Waals surface area contributed by atoms with Gasteiger partial charge in [-0.2, -0.15) is 28.1 Å². The first-order valence-corrected chi connectivity index (χ1v) is 11.9. The molecule has 2 aromatic heterocycles. The topological polar surface area (TPSA) is 82.5 Å². The van der Waals surface area contributed by atoms with Crippen LogP contribution < -0.4 is 20.0 Å². The molecule has 0 bridgehead atoms. The quantitative estimate of drug-likeness (QED) is 0.539. The Kier molecular flexibility index (Phi) is 6.97. The van der Waals surface area contributed by atoms with Gasteiger partial charge in [0.1, 0.15) is 5.82 Å². The number of halogens is 4. The van der Waals surface area contributed by atoms with Crippen LogP contribution in [0.4, 0.5) is 42.5 Å². The Morgan fingerprint density at radius 1 is 0.833 bits per heavy atom. The van der Waals surface area contributed by atoms with Crippen molar-refractivity contribution in [2.24, 2.45) is 0 Å². The molecule has 4 heterocycles. The van der Waals surface area contributed by atoms with Crippen molar-refractivity contribution in [3.63, 3.8) is 0 Å². The van der Waals surface area contributed by atoms with Crippen molar-refractivity contribution in [3.05, 3.63) is 53.2 Å². The molecule has 13 heteroatoms. The number of nitrogens with zero attached hydrogens (tertiary/aromatic N) is 7. The van der Waals surface area contributed by atoms with Crippen molar-refractivity contribution < 1.29 is 17.9 Å². The molecular weight excluding hydrogens is 497 g/mol. The highest BCUT2D eigenvalue weighted by molar-refractivity contribution is 6.30. The highest BCUT2D eigenvalue weighted by Gasteiger charge is 2.36. The molecule has 0 aliphatic carbocycles. The molecule has 5 rings (SSSR count). The molecule has 2 aliphatic rings. The van der Waals surface area contributed by atoms with Gasteiger partial charge in [0.05, 0.1) is 18.8 Å². The highest BCUT2D eigenvalue weighted by Crippen LogP contribution is 2.35. The Labute approximate surface area is 210 Å². The van der Waals surface area contributed by atoms with E-state index in [2.05, 4.69) is 25.3 Å². The van der Waals surface area contributed by atoms with E-state index < -0.39 is 11.7 Å². The minimum atomic E-state index is -4.47. The molecule has 0 saturated carbocycles. The smallest absolute Gasteiger partial charge is 0.378 e. The first kappa shape index (κ1) is 24.3. The normalized spacial score (nSPS) is 16.8. The van der Waals surface area contributed by atoms with Crippen molar-refractivity contribution in [1.82, 2.24) is 19.9 Å². The van der Waals surface area contributed by atoms with E-state index in [0.29, 0.717) is 75.3 Å². The maximum Gasteiger partial charge on any atom is 0.419 e. The number of anilines is 5. The number of hydrogen-bond acceptors (Lipinski definition) is 9. The van der Waals surface area contributed by atoms with E-state index in [1.807, 2.05) is 21.9 Å². The van der Waals surface area contributed by atoms with Gasteiger partial charge in [0, 0.05) is 56.2 Å². The van der Waals surface area contributed by atoms with E-state index >= 15 is 0 Å². The molecule has 0 amide bonds. The van der Waals surface area contributed by atoms with Gasteiger partial charge < -0.3 is 24.8 Å². The summed E-state index contributed by atoms with van der Waals surface area (Å²) in [5, 5.41) is 3.76. The van der Waals surface area contributed by atoms with Gasteiger partial charge in [-0.05, 0) is 30.3 Å². The largest absolute Gasteiger partial charge is 0.419 e. The summed E-state index contributed by atoms with van der Waals surface area (Å²) in [7, 11) is 0. The molecule has 2 saturated heterocycles. The van der Waals surface area contributed by atoms with Crippen LogP contribution in [0.2, 0.25) is 5.02 Å². The number of benzene rings is 1. The third kappa shape index (κ3) is 5.54. The summed E-state index contributed by atoms with van der Waals surface area (Å²) < 4.78 is 45.9. The second-order valence-electron chi connectivity index (χ2n) is 8.34. The van der Waals surface area contributed by atoms with Crippen molar-refractivity contribution >= 4 is 41.0 Å². The minimum absolute atomic E-state index is 0.0578. The Hall–Kier alpha value is -3.38. The second-order valence-corrected chi connectivity index (χ2v) is 8.78. The molecular formula is C23H24ClF3N8O. The molecule has 1 aromatic carbocycles. The van der Waals surface area contributed by atoms with Gasteiger partial charge in [0.15, 0.2) is 0 Å². The van der Waals surface area contributed by atoms with E-state index in [0.717, 1.165) is 11.8 Å². The van der Waals surface area contributed by atoms with Crippen molar-refractivity contribution in [2.75, 3.05) is 72.5 Å². The standard InChI is InChI=1S/C23H24ClF3N8O/c24-16-3-1-4-17(15-16)29-20-30-21(32-22(31-20)35-11-13-36-14-12-35)34-9-7-33(8-10-34)19-18(23(25,26)27)5-2-6-28-19/h1-6,15H,7-14H2,(H,29,30,31,32). The summed E-state index contributed by atoms with van der Waals surface area (Å²) in [6.07, 6.45) is -3.09. The number of ether oxygens (including phenoxy) is 1. The van der Waals surface area contributed by atoms with Crippen LogP contribution in [-0.4, -0.2) is 72.4 Å². The molecule has 2 aliphatic heterocycles. The SMILES string of the molecule is FC(F)(F)c1cccnc1N1CCN(c2nc(Nc3cccc(Cl)c3)nc(N3CCOCC3)n2)CC1. The lowest BCUT2D eigenvalue weighted by atomic mass is 10.2. The van der Waals surface area contributed by atoms with Crippen LogP contribution in [0.15, 0.2) is 42.6 Å². The first-order chi connectivity index (χ1) is 17.4. The van der Waals surface area contributed by atoms with Crippen LogP contribution in [0.5, 0.6) is 0 Å². The first-order valence-electron chi connectivity index (χ1n) is 11.5. The van der Waals surface area contributed by atoms with Crippen LogP contribution >= 0.6 is 11.6 Å². The summed E-state index contributed by atoms with van der Waals surface area (Å²) in [5.41, 5.74) is -0.00606. The van der Waals surface area contributed by atoms with Gasteiger partial charge in [-0.3, -0.25) is 0 Å². The Bertz CT molecular complexity index is 1200. The summed E-state index contributed by atoms with van der Waals surface area (Å²) in [5.74, 6) is 1.26. The summed E-state index contributed by atoms with van der Waals surface area (Å²) >= 11 is 6.12. The van der Waals surface area contributed by atoms with E-state index in [1.54, 1.807) is 17.0 Å². The molecule has 0 radical (unpaired) electrons. The average Bonchev–Trinajstić information content (AvgIpc) is 2.89. The molecule has 0 atom stereocenters. The van der Waals surface area contributed by atoms with Crippen molar-refractivity contribution in [3.8, 4) is 0 Å². The predicted octanol–water partition coefficient (Wildman–Crippen LogP) is 3.85. The second kappa shape index (κ2) is 10.3. The Morgan fingerprint density at radius 2 is 1.50 bits per heavy atom. The van der Waals surface area contributed by atoms with Gasteiger partial charge >= 0.3 is 6.18 Å². The lowest BCUT2D eigenvalue weighted by Gasteiger charge is -2.36. The third-order valence-electron chi connectivity index (χ3n) is 5.94. The molecule has 2 fully saturated rings. The number of hydrogen-bond donors (Lipinski definition) is 1. The van der Waals surface area contributed by atoms with Crippen LogP contribution in [-0.2, 0) is 10.9 Å². The van der Waals surface area contributed by atoms with Crippen LogP contribution in [0.3, 0.4) is 0 Å². The number of morpholine rings is 1. The Balaban J connectivity index is 1.38. The van der Waals surface area contributed by atoms with E-state index in [9.17, 15) is 13.2 Å². The van der Waals surface area contributed by atoms with E-state index in [4.69, 9.17) is 16.3 Å². The van der Waals surface area contributed by atoms with Gasteiger partial charge in [-0.15, -0.1) is 0 Å². The molecule has 36 heavy (non-hydrogen) atoms. The van der Waals surface area contributed by atoms with Gasteiger partial charge in [0.2, 0.25) is 17.8 Å². The maximum absolute atomic E-state index is 13.5. The molecule has 0 spiro atoms. The summed E-state index contributed by atoms with van der Waals surface area (Å²) in [6.45, 7) is 3.98. The zero-order valence-corrected chi connectivity index (χ0v) is 20.0. The fourth-order valence-electron chi connectivity index (χ4n) is 4.14. The number of nitrogens with one attached hydrogen (secondary N) is 1. The number of piperazine rings is 1. The fraction of sp³-hybridized carbons (Fsp3) is 0.391. The molecule has 3 aromatic rings.